The fourth-order valence-electron chi connectivity index (χ4n) is 1.50. The van der Waals surface area contributed by atoms with E-state index in [1.54, 1.807) is 0 Å². The summed E-state index contributed by atoms with van der Waals surface area (Å²) in [5.74, 6) is -3.74. The summed E-state index contributed by atoms with van der Waals surface area (Å²) in [6.45, 7) is -6.30. The molecule has 11 heteroatoms. The number of hydrogen-bond donors (Lipinski definition) is 0. The summed E-state index contributed by atoms with van der Waals surface area (Å²) >= 11 is 0. The predicted octanol–water partition coefficient (Wildman–Crippen LogP) is 1.74. The molecule has 0 amide bonds. The van der Waals surface area contributed by atoms with Gasteiger partial charge in [-0.2, -0.15) is 26.3 Å². The Balaban J connectivity index is 0.00000361. The van der Waals surface area contributed by atoms with Gasteiger partial charge in [0.15, 0.2) is 0 Å². The Morgan fingerprint density at radius 3 is 1.45 bits per heavy atom. The Bertz CT molecular complexity index is 417. The van der Waals surface area contributed by atoms with Crippen molar-refractivity contribution in [2.75, 3.05) is 0 Å². The van der Waals surface area contributed by atoms with E-state index in [2.05, 4.69) is 0 Å². The van der Waals surface area contributed by atoms with Crippen molar-refractivity contribution >= 4 is 6.98 Å². The van der Waals surface area contributed by atoms with Crippen LogP contribution in [0.2, 0.25) is 0 Å². The van der Waals surface area contributed by atoms with Gasteiger partial charge >= 0.3 is 70.7 Å². The Kier molecular flexibility index (Phi) is 6.69. The van der Waals surface area contributed by atoms with E-state index in [0.29, 0.717) is 0 Å². The Morgan fingerprint density at radius 2 is 1.20 bits per heavy atom. The summed E-state index contributed by atoms with van der Waals surface area (Å²) < 4.78 is 110. The van der Waals surface area contributed by atoms with Crippen LogP contribution in [-0.2, 0) is 6.18 Å². The molecule has 1 atom stereocenters. The largest absolute Gasteiger partial charge is 1.00 e. The number of alkyl halides is 6. The van der Waals surface area contributed by atoms with E-state index in [-0.39, 0.29) is 75.7 Å². The summed E-state index contributed by atoms with van der Waals surface area (Å²) in [7, 11) is 0. The van der Waals surface area contributed by atoms with Gasteiger partial charge in [0.05, 0.1) is 5.56 Å². The van der Waals surface area contributed by atoms with Crippen molar-refractivity contribution in [2.24, 2.45) is 0 Å². The van der Waals surface area contributed by atoms with Crippen molar-refractivity contribution in [1.29, 1.82) is 0 Å². The first kappa shape index (κ1) is 20.3. The van der Waals surface area contributed by atoms with Crippen molar-refractivity contribution in [3.63, 3.8) is 0 Å². The zero-order valence-corrected chi connectivity index (χ0v) is 13.0. The van der Waals surface area contributed by atoms with Crippen LogP contribution in [0.5, 0.6) is 0 Å². The van der Waals surface area contributed by atoms with E-state index in [1.807, 2.05) is 0 Å². The molecule has 0 aliphatic heterocycles. The van der Waals surface area contributed by atoms with Gasteiger partial charge in [-0.15, -0.1) is 0 Å². The molecule has 1 unspecified atom stereocenters. The molecule has 0 aliphatic carbocycles. The van der Waals surface area contributed by atoms with Gasteiger partial charge in [0.1, 0.15) is 0 Å². The van der Waals surface area contributed by atoms with Crippen LogP contribution in [0, 0.1) is 0 Å². The van der Waals surface area contributed by atoms with Crippen molar-refractivity contribution in [3.8, 4) is 0 Å². The summed E-state index contributed by atoms with van der Waals surface area (Å²) in [4.78, 5) is 0. The van der Waals surface area contributed by atoms with Crippen LogP contribution < -0.4 is 51.4 Å². The second kappa shape index (κ2) is 6.59. The Labute approximate surface area is 150 Å². The van der Waals surface area contributed by atoms with Crippen LogP contribution in [-0.4, -0.2) is 13.2 Å². The van der Waals surface area contributed by atoms with Crippen molar-refractivity contribution in [1.82, 2.24) is 0 Å². The van der Waals surface area contributed by atoms with Crippen molar-refractivity contribution < 1.29 is 90.7 Å². The van der Waals surface area contributed by atoms with E-state index < -0.39 is 36.3 Å². The molecule has 0 aromatic heterocycles. The molecular formula is C9H5BF9K. The average molecular weight is 334 g/mol. The number of hydrogen-bond acceptors (Lipinski definition) is 0. The standard InChI is InChI=1S/C9H5BF9.K/c11-8(12,13)6-3-1-5(2-4-6)7(9(14,15)16)10(17,18)19;/h1-4,7H;/q-1;+1. The molecule has 0 aliphatic rings. The second-order valence-electron chi connectivity index (χ2n) is 3.76. The molecule has 108 valence electrons. The van der Waals surface area contributed by atoms with Crippen LogP contribution in [0.25, 0.3) is 0 Å². The Morgan fingerprint density at radius 1 is 0.800 bits per heavy atom. The molecule has 1 rings (SSSR count). The number of halogens is 9. The molecule has 0 fully saturated rings. The fourth-order valence-corrected chi connectivity index (χ4v) is 1.50. The zero-order valence-electron chi connectivity index (χ0n) is 9.87. The van der Waals surface area contributed by atoms with Crippen LogP contribution in [0.1, 0.15) is 16.9 Å². The zero-order chi connectivity index (χ0) is 15.1. The molecule has 0 spiro atoms. The van der Waals surface area contributed by atoms with Crippen LogP contribution in [0.15, 0.2) is 24.3 Å². The predicted molar refractivity (Wildman–Crippen MR) is 49.3 cm³/mol. The maximum absolute atomic E-state index is 12.4. The third-order valence-corrected chi connectivity index (χ3v) is 2.33. The van der Waals surface area contributed by atoms with Gasteiger partial charge in [-0.05, 0) is 12.1 Å². The fraction of sp³-hybridized carbons (Fsp3) is 0.333. The van der Waals surface area contributed by atoms with Gasteiger partial charge in [-0.3, -0.25) is 0 Å². The Hall–Kier alpha value is 0.291. The van der Waals surface area contributed by atoms with Crippen LogP contribution >= 0.6 is 0 Å². The van der Waals surface area contributed by atoms with Gasteiger partial charge in [0.2, 0.25) is 0 Å². The van der Waals surface area contributed by atoms with E-state index in [0.717, 1.165) is 0 Å². The molecule has 0 saturated carbocycles. The van der Waals surface area contributed by atoms with Gasteiger partial charge in [-0.25, -0.2) is 0 Å². The van der Waals surface area contributed by atoms with Crippen molar-refractivity contribution in [2.45, 2.75) is 18.2 Å². The maximum atomic E-state index is 12.4. The average Bonchev–Trinajstić information content (AvgIpc) is 2.12. The molecule has 0 nitrogen and oxygen atoms in total. The second-order valence-corrected chi connectivity index (χ2v) is 3.76. The molecule has 0 N–H and O–H groups in total. The van der Waals surface area contributed by atoms with Crippen LogP contribution in [0.3, 0.4) is 0 Å². The first-order chi connectivity index (χ1) is 8.33. The minimum atomic E-state index is -6.30. The number of rotatable bonds is 2. The summed E-state index contributed by atoms with van der Waals surface area (Å²) in [5, 5.41) is 0. The quantitative estimate of drug-likeness (QED) is 0.571. The van der Waals surface area contributed by atoms with Gasteiger partial charge in [0, 0.05) is 5.82 Å². The van der Waals surface area contributed by atoms with E-state index >= 15 is 0 Å². The van der Waals surface area contributed by atoms with Crippen LogP contribution in [0.4, 0.5) is 39.3 Å². The summed E-state index contributed by atoms with van der Waals surface area (Å²) in [6, 6.07) is 0.762. The first-order valence-electron chi connectivity index (χ1n) is 4.77. The van der Waals surface area contributed by atoms with E-state index in [4.69, 9.17) is 0 Å². The minimum Gasteiger partial charge on any atom is -0.448 e. The minimum absolute atomic E-state index is 0. The third-order valence-electron chi connectivity index (χ3n) is 2.33. The van der Waals surface area contributed by atoms with Gasteiger partial charge in [-0.1, -0.05) is 17.7 Å². The molecule has 20 heavy (non-hydrogen) atoms. The normalized spacial score (nSPS) is 14.7. The summed E-state index contributed by atoms with van der Waals surface area (Å²) in [5.41, 5.74) is -2.57. The van der Waals surface area contributed by atoms with Gasteiger partial charge in [0.25, 0.3) is 0 Å². The molecule has 1 aromatic rings. The molecule has 0 bridgehead atoms. The molecular weight excluding hydrogens is 329 g/mol. The monoisotopic (exact) mass is 334 g/mol. The number of benzene rings is 1. The maximum Gasteiger partial charge on any atom is 1.00 e. The topological polar surface area (TPSA) is 0 Å². The van der Waals surface area contributed by atoms with E-state index in [9.17, 15) is 39.3 Å². The molecule has 0 heterocycles. The SMILES string of the molecule is F[B-](F)(F)C(c1ccc(C(F)(F)F)cc1)C(F)(F)F.[K+]. The smallest absolute Gasteiger partial charge is 0.448 e. The van der Waals surface area contributed by atoms with Crippen molar-refractivity contribution in [3.05, 3.63) is 35.4 Å². The first-order valence-corrected chi connectivity index (χ1v) is 4.77. The summed E-state index contributed by atoms with van der Waals surface area (Å²) in [6.07, 6.45) is -10.4. The van der Waals surface area contributed by atoms with Gasteiger partial charge < -0.3 is 12.9 Å². The van der Waals surface area contributed by atoms with E-state index in [1.165, 1.54) is 0 Å². The third kappa shape index (κ3) is 5.24. The molecule has 0 radical (unpaired) electrons. The molecule has 0 saturated heterocycles. The molecule has 1 aromatic carbocycles.